The lowest BCUT2D eigenvalue weighted by atomic mass is 9.76. The lowest BCUT2D eigenvalue weighted by molar-refractivity contribution is -0.124. The van der Waals surface area contributed by atoms with Crippen molar-refractivity contribution in [1.29, 1.82) is 0 Å². The van der Waals surface area contributed by atoms with E-state index in [1.165, 1.54) is 10.5 Å². The molecule has 1 amide bonds. The number of imidazole rings is 1. The van der Waals surface area contributed by atoms with Crippen LogP contribution in [0.3, 0.4) is 0 Å². The molecule has 4 rings (SSSR count). The highest BCUT2D eigenvalue weighted by Crippen LogP contribution is 2.46. The van der Waals surface area contributed by atoms with Crippen LogP contribution < -0.4 is 4.90 Å². The predicted molar refractivity (Wildman–Crippen MR) is 97.5 cm³/mol. The van der Waals surface area contributed by atoms with Gasteiger partial charge in [-0.3, -0.25) is 4.79 Å². The number of benzene rings is 1. The normalized spacial score (nSPS) is 23.7. The highest BCUT2D eigenvalue weighted by atomic mass is 32.2. The van der Waals surface area contributed by atoms with Gasteiger partial charge in [-0.15, -0.1) is 0 Å². The monoisotopic (exact) mass is 374 g/mol. The molecule has 0 bridgehead atoms. The van der Waals surface area contributed by atoms with Crippen molar-refractivity contribution in [1.82, 2.24) is 13.9 Å². The number of carbonyl (C=O) groups is 1. The average molecular weight is 374 g/mol. The van der Waals surface area contributed by atoms with Gasteiger partial charge in [0.05, 0.1) is 5.41 Å². The zero-order valence-corrected chi connectivity index (χ0v) is 16.0. The lowest BCUT2D eigenvalue weighted by Gasteiger charge is -2.38. The van der Waals surface area contributed by atoms with Crippen LogP contribution >= 0.6 is 0 Å². The van der Waals surface area contributed by atoms with Crippen LogP contribution in [0.4, 0.5) is 5.69 Å². The first-order chi connectivity index (χ1) is 12.3. The second-order valence-electron chi connectivity index (χ2n) is 7.14. The summed E-state index contributed by atoms with van der Waals surface area (Å²) in [6.07, 6.45) is 2.82. The van der Waals surface area contributed by atoms with Gasteiger partial charge in [0.25, 0.3) is 10.0 Å². The third-order valence-electron chi connectivity index (χ3n) is 5.64. The van der Waals surface area contributed by atoms with Crippen LogP contribution in [0.2, 0.25) is 0 Å². The third kappa shape index (κ3) is 2.25. The number of rotatable bonds is 2. The number of fused-ring (bicyclic) bond motifs is 2. The summed E-state index contributed by atoms with van der Waals surface area (Å²) in [6.45, 7) is 2.33. The molecule has 7 nitrogen and oxygen atoms in total. The van der Waals surface area contributed by atoms with Crippen molar-refractivity contribution in [2.75, 3.05) is 25.0 Å². The highest BCUT2D eigenvalue weighted by Gasteiger charge is 2.53. The van der Waals surface area contributed by atoms with E-state index in [-0.39, 0.29) is 17.5 Å². The summed E-state index contributed by atoms with van der Waals surface area (Å²) in [5, 5.41) is 0.0432. The van der Waals surface area contributed by atoms with Crippen molar-refractivity contribution in [3.8, 4) is 0 Å². The maximum Gasteiger partial charge on any atom is 0.262 e. The van der Waals surface area contributed by atoms with Gasteiger partial charge in [-0.1, -0.05) is 18.2 Å². The molecule has 0 saturated carbocycles. The standard InChI is InChI=1S/C18H22N4O3S/c1-13-19-16(11-20(13)2)26(24,25)22-10-6-9-18(12-22)14-7-4-5-8-15(14)21(3)17(18)23/h4-5,7-8,11H,6,9-10,12H2,1-3H3/t18-/m0/s1. The smallest absolute Gasteiger partial charge is 0.262 e. The average Bonchev–Trinajstić information content (AvgIpc) is 3.08. The Kier molecular flexibility index (Phi) is 3.75. The summed E-state index contributed by atoms with van der Waals surface area (Å²) in [5.41, 5.74) is 0.982. The van der Waals surface area contributed by atoms with Crippen LogP contribution in [0.25, 0.3) is 0 Å². The fourth-order valence-corrected chi connectivity index (χ4v) is 5.68. The minimum absolute atomic E-state index is 0.0317. The number of anilines is 1. The highest BCUT2D eigenvalue weighted by molar-refractivity contribution is 7.89. The van der Waals surface area contributed by atoms with Crippen molar-refractivity contribution < 1.29 is 13.2 Å². The van der Waals surface area contributed by atoms with Gasteiger partial charge in [-0.25, -0.2) is 13.4 Å². The first-order valence-electron chi connectivity index (χ1n) is 8.65. The van der Waals surface area contributed by atoms with Crippen LogP contribution in [0.1, 0.15) is 24.2 Å². The Morgan fingerprint density at radius 3 is 2.62 bits per heavy atom. The van der Waals surface area contributed by atoms with Crippen LogP contribution in [0.5, 0.6) is 0 Å². The van der Waals surface area contributed by atoms with E-state index in [1.54, 1.807) is 30.5 Å². The minimum Gasteiger partial charge on any atom is -0.337 e. The number of hydrogen-bond acceptors (Lipinski definition) is 4. The van der Waals surface area contributed by atoms with E-state index in [9.17, 15) is 13.2 Å². The number of para-hydroxylation sites is 1. The van der Waals surface area contributed by atoms with Gasteiger partial charge in [0.15, 0.2) is 5.03 Å². The molecule has 0 radical (unpaired) electrons. The maximum absolute atomic E-state index is 13.1. The largest absolute Gasteiger partial charge is 0.337 e. The van der Waals surface area contributed by atoms with Gasteiger partial charge in [-0.2, -0.15) is 4.31 Å². The molecule has 2 aromatic rings. The molecular weight excluding hydrogens is 352 g/mol. The van der Waals surface area contributed by atoms with Gasteiger partial charge in [0.1, 0.15) is 5.82 Å². The van der Waals surface area contributed by atoms with Gasteiger partial charge in [0.2, 0.25) is 5.91 Å². The van der Waals surface area contributed by atoms with Crippen molar-refractivity contribution in [3.63, 3.8) is 0 Å². The quantitative estimate of drug-likeness (QED) is 0.797. The van der Waals surface area contributed by atoms with Crippen molar-refractivity contribution >= 4 is 21.6 Å². The fourth-order valence-electron chi connectivity index (χ4n) is 4.12. The minimum atomic E-state index is -3.74. The van der Waals surface area contributed by atoms with E-state index in [4.69, 9.17) is 0 Å². The molecule has 1 fully saturated rings. The van der Waals surface area contributed by atoms with Gasteiger partial charge in [0, 0.05) is 39.1 Å². The number of nitrogens with zero attached hydrogens (tertiary/aromatic N) is 4. The number of aromatic nitrogens is 2. The number of carbonyl (C=O) groups excluding carboxylic acids is 1. The van der Waals surface area contributed by atoms with Crippen LogP contribution in [-0.4, -0.2) is 48.3 Å². The molecule has 0 N–H and O–H groups in total. The molecule has 0 aliphatic carbocycles. The first-order valence-corrected chi connectivity index (χ1v) is 10.1. The van der Waals surface area contributed by atoms with Crippen LogP contribution in [-0.2, 0) is 27.3 Å². The Labute approximate surface area is 153 Å². The SMILES string of the molecule is Cc1nc(S(=O)(=O)N2CCC[C@@]3(C2)C(=O)N(C)c2ccccc23)cn1C. The maximum atomic E-state index is 13.1. The first kappa shape index (κ1) is 17.2. The number of piperidine rings is 1. The zero-order valence-electron chi connectivity index (χ0n) is 15.1. The molecule has 3 heterocycles. The van der Waals surface area contributed by atoms with E-state index in [0.29, 0.717) is 25.2 Å². The van der Waals surface area contributed by atoms with Crippen LogP contribution in [0, 0.1) is 6.92 Å². The van der Waals surface area contributed by atoms with Crippen molar-refractivity contribution in [3.05, 3.63) is 41.9 Å². The summed E-state index contributed by atoms with van der Waals surface area (Å²) in [4.78, 5) is 18.9. The molecule has 1 saturated heterocycles. The van der Waals surface area contributed by atoms with Gasteiger partial charge >= 0.3 is 0 Å². The lowest BCUT2D eigenvalue weighted by Crippen LogP contribution is -2.53. The number of aryl methyl sites for hydroxylation is 2. The van der Waals surface area contributed by atoms with Gasteiger partial charge in [-0.05, 0) is 31.4 Å². The molecule has 1 aromatic heterocycles. The Balaban J connectivity index is 1.76. The third-order valence-corrected chi connectivity index (χ3v) is 7.36. The number of sulfonamides is 1. The summed E-state index contributed by atoms with van der Waals surface area (Å²) >= 11 is 0. The Morgan fingerprint density at radius 1 is 1.19 bits per heavy atom. The van der Waals surface area contributed by atoms with E-state index < -0.39 is 15.4 Å². The molecule has 2 aliphatic rings. The van der Waals surface area contributed by atoms with E-state index in [1.807, 2.05) is 24.3 Å². The molecule has 8 heteroatoms. The second-order valence-corrected chi connectivity index (χ2v) is 9.03. The second kappa shape index (κ2) is 5.65. The Hall–Kier alpha value is -2.19. The number of likely N-dealkylation sites (N-methyl/N-ethyl adjacent to an activating group) is 1. The topological polar surface area (TPSA) is 75.5 Å². The molecule has 138 valence electrons. The van der Waals surface area contributed by atoms with Crippen molar-refractivity contribution in [2.45, 2.75) is 30.2 Å². The molecule has 1 spiro atoms. The van der Waals surface area contributed by atoms with E-state index in [2.05, 4.69) is 4.98 Å². The summed E-state index contributed by atoms with van der Waals surface area (Å²) in [5.74, 6) is 0.605. The van der Waals surface area contributed by atoms with Crippen LogP contribution in [0.15, 0.2) is 35.5 Å². The summed E-state index contributed by atoms with van der Waals surface area (Å²) in [7, 11) is -0.216. The fraction of sp³-hybridized carbons (Fsp3) is 0.444. The van der Waals surface area contributed by atoms with Crippen molar-refractivity contribution in [2.24, 2.45) is 7.05 Å². The molecule has 0 unspecified atom stereocenters. The van der Waals surface area contributed by atoms with Gasteiger partial charge < -0.3 is 9.47 Å². The summed E-state index contributed by atoms with van der Waals surface area (Å²) < 4.78 is 29.3. The Bertz CT molecular complexity index is 978. The molecule has 1 aromatic carbocycles. The summed E-state index contributed by atoms with van der Waals surface area (Å²) in [6, 6.07) is 7.66. The molecular formula is C18H22N4O3S. The number of amides is 1. The zero-order chi connectivity index (χ0) is 18.7. The number of hydrogen-bond donors (Lipinski definition) is 0. The molecule has 1 atom stereocenters. The van der Waals surface area contributed by atoms with E-state index in [0.717, 1.165) is 11.3 Å². The predicted octanol–water partition coefficient (Wildman–Crippen LogP) is 1.43. The Morgan fingerprint density at radius 2 is 1.92 bits per heavy atom. The van der Waals surface area contributed by atoms with E-state index >= 15 is 0 Å². The molecule has 2 aliphatic heterocycles. The molecule has 26 heavy (non-hydrogen) atoms.